The number of fused-ring (bicyclic) bond motifs is 1. The van der Waals surface area contributed by atoms with Gasteiger partial charge in [0.1, 0.15) is 11.5 Å². The van der Waals surface area contributed by atoms with Gasteiger partial charge in [-0.1, -0.05) is 41.9 Å². The van der Waals surface area contributed by atoms with Gasteiger partial charge in [-0.25, -0.2) is 9.79 Å². The lowest BCUT2D eigenvalue weighted by Crippen LogP contribution is -2.24. The molecule has 6 nitrogen and oxygen atoms in total. The highest BCUT2D eigenvalue weighted by atomic mass is 35.5. The van der Waals surface area contributed by atoms with Gasteiger partial charge >= 0.3 is 5.97 Å². The Kier molecular flexibility index (Phi) is 5.43. The van der Waals surface area contributed by atoms with E-state index >= 15 is 0 Å². The number of halogens is 1. The van der Waals surface area contributed by atoms with Crippen molar-refractivity contribution in [1.29, 1.82) is 0 Å². The van der Waals surface area contributed by atoms with Gasteiger partial charge in [0.15, 0.2) is 0 Å². The molecule has 7 heteroatoms. The Bertz CT molecular complexity index is 920. The first-order valence-corrected chi connectivity index (χ1v) is 8.32. The molecule has 1 heterocycles. The zero-order valence-electron chi connectivity index (χ0n) is 14.4. The van der Waals surface area contributed by atoms with E-state index < -0.39 is 5.97 Å². The SMILES string of the molecule is COC(=O)/C(C)=N\NC1=Nc2ccc(Cl)cc2C(c2ccccc2)=NC1. The number of methoxy groups -OCH3 is 1. The van der Waals surface area contributed by atoms with Gasteiger partial charge in [-0.3, -0.25) is 10.4 Å². The lowest BCUT2D eigenvalue weighted by Gasteiger charge is -2.08. The predicted octanol–water partition coefficient (Wildman–Crippen LogP) is 3.36. The van der Waals surface area contributed by atoms with E-state index in [4.69, 9.17) is 11.6 Å². The fourth-order valence-electron chi connectivity index (χ4n) is 2.46. The number of benzene rings is 2. The number of carbonyl (C=O) groups excluding carboxylic acids is 1. The highest BCUT2D eigenvalue weighted by molar-refractivity contribution is 6.35. The normalized spacial score (nSPS) is 13.9. The first-order valence-electron chi connectivity index (χ1n) is 7.94. The van der Waals surface area contributed by atoms with Gasteiger partial charge in [0.2, 0.25) is 0 Å². The van der Waals surface area contributed by atoms with Crippen LogP contribution >= 0.6 is 11.6 Å². The summed E-state index contributed by atoms with van der Waals surface area (Å²) < 4.78 is 4.63. The zero-order chi connectivity index (χ0) is 18.5. The van der Waals surface area contributed by atoms with Gasteiger partial charge in [0, 0.05) is 16.1 Å². The van der Waals surface area contributed by atoms with Crippen molar-refractivity contribution in [2.24, 2.45) is 15.1 Å². The van der Waals surface area contributed by atoms with E-state index in [1.807, 2.05) is 42.5 Å². The average molecular weight is 369 g/mol. The van der Waals surface area contributed by atoms with Gasteiger partial charge in [0.05, 0.1) is 25.1 Å². The van der Waals surface area contributed by atoms with Crippen LogP contribution in [0.1, 0.15) is 18.1 Å². The molecule has 0 amide bonds. The minimum absolute atomic E-state index is 0.197. The molecule has 0 unspecified atom stereocenters. The maximum Gasteiger partial charge on any atom is 0.353 e. The molecule has 0 saturated heterocycles. The van der Waals surface area contributed by atoms with Crippen molar-refractivity contribution in [1.82, 2.24) is 5.43 Å². The van der Waals surface area contributed by atoms with E-state index in [0.29, 0.717) is 10.9 Å². The lowest BCUT2D eigenvalue weighted by molar-refractivity contribution is -0.132. The van der Waals surface area contributed by atoms with Crippen molar-refractivity contribution < 1.29 is 9.53 Å². The van der Waals surface area contributed by atoms with E-state index in [-0.39, 0.29) is 12.3 Å². The summed E-state index contributed by atoms with van der Waals surface area (Å²) in [5, 5.41) is 4.62. The van der Waals surface area contributed by atoms with Crippen LogP contribution in [-0.4, -0.2) is 36.9 Å². The summed E-state index contributed by atoms with van der Waals surface area (Å²) in [5.74, 6) is 0.00939. The minimum atomic E-state index is -0.507. The molecule has 1 aliphatic heterocycles. The number of amidine groups is 1. The third-order valence-corrected chi connectivity index (χ3v) is 3.97. The molecule has 0 fully saturated rings. The standard InChI is InChI=1S/C19H17ClN4O2/c1-12(19(25)26-2)23-24-17-11-21-18(13-6-4-3-5-7-13)15-10-14(20)8-9-16(15)22-17/h3-10H,11H2,1-2H3,(H,22,24)/b23-12-. The molecule has 132 valence electrons. The number of esters is 1. The first kappa shape index (κ1) is 17.8. The third kappa shape index (κ3) is 3.97. The number of hydrazone groups is 1. The van der Waals surface area contributed by atoms with Gasteiger partial charge in [-0.05, 0) is 25.1 Å². The second-order valence-corrected chi connectivity index (χ2v) is 5.99. The fraction of sp³-hybridized carbons (Fsp3) is 0.158. The van der Waals surface area contributed by atoms with E-state index in [0.717, 1.165) is 22.5 Å². The number of rotatable bonds is 3. The van der Waals surface area contributed by atoms with Gasteiger partial charge < -0.3 is 4.74 Å². The van der Waals surface area contributed by atoms with Crippen LogP contribution in [0.5, 0.6) is 0 Å². The van der Waals surface area contributed by atoms with Crippen LogP contribution in [0, 0.1) is 0 Å². The van der Waals surface area contributed by atoms with Gasteiger partial charge in [-0.15, -0.1) is 0 Å². The Balaban J connectivity index is 1.99. The van der Waals surface area contributed by atoms with Crippen molar-refractivity contribution in [2.75, 3.05) is 13.7 Å². The van der Waals surface area contributed by atoms with Crippen LogP contribution < -0.4 is 5.43 Å². The summed E-state index contributed by atoms with van der Waals surface area (Å²) in [6.45, 7) is 1.84. The minimum Gasteiger partial charge on any atom is -0.464 e. The molecule has 0 spiro atoms. The number of ether oxygens (including phenoxy) is 1. The third-order valence-electron chi connectivity index (χ3n) is 3.74. The fourth-order valence-corrected chi connectivity index (χ4v) is 2.63. The largest absolute Gasteiger partial charge is 0.464 e. The molecule has 2 aromatic rings. The van der Waals surface area contributed by atoms with Crippen LogP contribution in [-0.2, 0) is 9.53 Å². The number of carbonyl (C=O) groups is 1. The Morgan fingerprint density at radius 1 is 1.23 bits per heavy atom. The van der Waals surface area contributed by atoms with Crippen LogP contribution in [0.15, 0.2) is 63.6 Å². The zero-order valence-corrected chi connectivity index (χ0v) is 15.1. The molecule has 3 rings (SSSR count). The van der Waals surface area contributed by atoms with Crippen molar-refractivity contribution in [2.45, 2.75) is 6.92 Å². The van der Waals surface area contributed by atoms with Crippen molar-refractivity contribution in [3.05, 3.63) is 64.7 Å². The maximum atomic E-state index is 11.5. The van der Waals surface area contributed by atoms with E-state index in [1.54, 1.807) is 13.0 Å². The van der Waals surface area contributed by atoms with Crippen LogP contribution in [0.2, 0.25) is 5.02 Å². The summed E-state index contributed by atoms with van der Waals surface area (Å²) in [4.78, 5) is 20.7. The van der Waals surface area contributed by atoms with E-state index in [9.17, 15) is 4.79 Å². The molecule has 0 aromatic heterocycles. The molecule has 1 aliphatic rings. The summed E-state index contributed by atoms with van der Waals surface area (Å²) in [6.07, 6.45) is 0. The summed E-state index contributed by atoms with van der Waals surface area (Å²) in [5.41, 5.74) is 6.34. The molecule has 0 aliphatic carbocycles. The van der Waals surface area contributed by atoms with Gasteiger partial charge in [0.25, 0.3) is 0 Å². The van der Waals surface area contributed by atoms with E-state index in [2.05, 4.69) is 25.2 Å². The highest BCUT2D eigenvalue weighted by Crippen LogP contribution is 2.28. The monoisotopic (exact) mass is 368 g/mol. The Hall–Kier alpha value is -2.99. The number of aliphatic imine (C=N–C) groups is 2. The van der Waals surface area contributed by atoms with Gasteiger partial charge in [-0.2, -0.15) is 5.10 Å². The first-order chi connectivity index (χ1) is 12.6. The summed E-state index contributed by atoms with van der Waals surface area (Å²) >= 11 is 6.18. The second-order valence-electron chi connectivity index (χ2n) is 5.55. The molecule has 26 heavy (non-hydrogen) atoms. The molecule has 0 atom stereocenters. The maximum absolute atomic E-state index is 11.5. The quantitative estimate of drug-likeness (QED) is 0.512. The summed E-state index contributed by atoms with van der Waals surface area (Å²) in [6, 6.07) is 15.3. The number of hydrogen-bond donors (Lipinski definition) is 1. The van der Waals surface area contributed by atoms with Crippen LogP contribution in [0.4, 0.5) is 5.69 Å². The molecule has 2 aromatic carbocycles. The Morgan fingerprint density at radius 2 is 2.00 bits per heavy atom. The molecule has 0 radical (unpaired) electrons. The molecular formula is C19H17ClN4O2. The molecule has 0 bridgehead atoms. The highest BCUT2D eigenvalue weighted by Gasteiger charge is 2.16. The molecule has 1 N–H and O–H groups in total. The van der Waals surface area contributed by atoms with E-state index in [1.165, 1.54) is 7.11 Å². The number of nitrogens with zero attached hydrogens (tertiary/aromatic N) is 3. The lowest BCUT2D eigenvalue weighted by atomic mass is 10.0. The topological polar surface area (TPSA) is 75.4 Å². The predicted molar refractivity (Wildman–Crippen MR) is 104 cm³/mol. The molecule has 0 saturated carbocycles. The Morgan fingerprint density at radius 3 is 2.73 bits per heavy atom. The van der Waals surface area contributed by atoms with Crippen LogP contribution in [0.25, 0.3) is 0 Å². The molecular weight excluding hydrogens is 352 g/mol. The number of nitrogens with one attached hydrogen (secondary N) is 1. The number of hydrogen-bond acceptors (Lipinski definition) is 6. The van der Waals surface area contributed by atoms with Crippen molar-refractivity contribution >= 4 is 40.5 Å². The van der Waals surface area contributed by atoms with Crippen molar-refractivity contribution in [3.63, 3.8) is 0 Å². The van der Waals surface area contributed by atoms with Crippen molar-refractivity contribution in [3.8, 4) is 0 Å². The average Bonchev–Trinajstić information content (AvgIpc) is 2.85. The summed E-state index contributed by atoms with van der Waals surface area (Å²) in [7, 11) is 1.31. The van der Waals surface area contributed by atoms with Crippen LogP contribution in [0.3, 0.4) is 0 Å². The Labute approximate surface area is 156 Å². The second kappa shape index (κ2) is 7.93. The smallest absolute Gasteiger partial charge is 0.353 e.